The van der Waals surface area contributed by atoms with Gasteiger partial charge in [0.1, 0.15) is 30.2 Å². The van der Waals surface area contributed by atoms with E-state index in [9.17, 15) is 25.2 Å². The van der Waals surface area contributed by atoms with E-state index < -0.39 is 37.3 Å². The summed E-state index contributed by atoms with van der Waals surface area (Å²) in [5.74, 6) is -0.0153. The third-order valence-electron chi connectivity index (χ3n) is 9.40. The van der Waals surface area contributed by atoms with Crippen LogP contribution in [-0.4, -0.2) is 76.7 Å². The lowest BCUT2D eigenvalue weighted by Crippen LogP contribution is -2.60. The molecule has 1 heterocycles. The summed E-state index contributed by atoms with van der Waals surface area (Å²) in [5, 5.41) is 51.1. The van der Waals surface area contributed by atoms with Crippen molar-refractivity contribution >= 4 is 28.7 Å². The van der Waals surface area contributed by atoms with Gasteiger partial charge in [-0.1, -0.05) is 78.1 Å². The van der Waals surface area contributed by atoms with Crippen LogP contribution in [0, 0.1) is 0 Å². The molecule has 0 spiro atoms. The molecule has 0 radical (unpaired) electrons. The van der Waals surface area contributed by atoms with E-state index in [4.69, 9.17) is 9.47 Å². The first kappa shape index (κ1) is 40.9. The third-order valence-corrected chi connectivity index (χ3v) is 9.40. The molecular formula is C41H58N4O7. The van der Waals surface area contributed by atoms with Crippen molar-refractivity contribution in [3.05, 3.63) is 78.4 Å². The highest BCUT2D eigenvalue weighted by Crippen LogP contribution is 2.27. The number of aliphatic hydroxyl groups is 4. The third kappa shape index (κ3) is 13.0. The van der Waals surface area contributed by atoms with Gasteiger partial charge in [0.05, 0.1) is 18.0 Å². The summed E-state index contributed by atoms with van der Waals surface area (Å²) in [4.78, 5) is 15.4. The van der Waals surface area contributed by atoms with Gasteiger partial charge in [0.15, 0.2) is 0 Å². The number of hydrogen-bond donors (Lipinski definition) is 5. The standard InChI is InChI=1S/C41H58N4O7/c1-3-5-7-9-11-13-27-45(28-14-12-10-8-6-4-2)34-23-19-33(20-24-34)44-43-32-17-15-30(16-18-32)40(50)42-31-21-25-35(26-22-31)51-41-39(49)38(48)37(47)36(29-46)52-41/h15-26,36-39,41,46-49H,3-14,27-29H2,1-2H3,(H,42,50)/t36-,37+,38+,39-,41+/m1/s1. The number of nitrogens with one attached hydrogen (secondary N) is 1. The quantitative estimate of drug-likeness (QED) is 0.0516. The first-order chi connectivity index (χ1) is 25.3. The number of benzene rings is 3. The van der Waals surface area contributed by atoms with Crippen LogP contribution in [0.2, 0.25) is 0 Å². The second-order valence-electron chi connectivity index (χ2n) is 13.6. The van der Waals surface area contributed by atoms with Gasteiger partial charge in [-0.3, -0.25) is 4.79 Å². The van der Waals surface area contributed by atoms with Crippen LogP contribution in [-0.2, 0) is 4.74 Å². The molecule has 0 saturated carbocycles. The van der Waals surface area contributed by atoms with Crippen molar-refractivity contribution in [1.82, 2.24) is 0 Å². The minimum Gasteiger partial charge on any atom is -0.462 e. The summed E-state index contributed by atoms with van der Waals surface area (Å²) < 4.78 is 11.0. The van der Waals surface area contributed by atoms with Crippen molar-refractivity contribution in [2.24, 2.45) is 10.2 Å². The lowest BCUT2D eigenvalue weighted by molar-refractivity contribution is -0.277. The van der Waals surface area contributed by atoms with E-state index in [0.717, 1.165) is 18.8 Å². The lowest BCUT2D eigenvalue weighted by atomic mass is 9.99. The summed E-state index contributed by atoms with van der Waals surface area (Å²) in [6.45, 7) is 6.12. The van der Waals surface area contributed by atoms with Crippen LogP contribution in [0.4, 0.5) is 22.7 Å². The van der Waals surface area contributed by atoms with E-state index in [-0.39, 0.29) is 5.91 Å². The molecule has 0 unspecified atom stereocenters. The smallest absolute Gasteiger partial charge is 0.255 e. The van der Waals surface area contributed by atoms with Crippen molar-refractivity contribution in [3.8, 4) is 5.75 Å². The SMILES string of the molecule is CCCCCCCCN(CCCCCCCC)c1ccc(N=Nc2ccc(C(=O)Nc3ccc(O[C@H]4O[C@H](CO)[C@H](O)[C@H](O)[C@H]4O)cc3)cc2)cc1. The fourth-order valence-electron chi connectivity index (χ4n) is 6.18. The fourth-order valence-corrected chi connectivity index (χ4v) is 6.18. The molecule has 5 N–H and O–H groups in total. The zero-order valence-electron chi connectivity index (χ0n) is 30.8. The molecule has 284 valence electrons. The molecule has 1 aliphatic rings. The molecular weight excluding hydrogens is 660 g/mol. The van der Waals surface area contributed by atoms with Crippen molar-refractivity contribution in [2.75, 3.05) is 29.9 Å². The second kappa shape index (κ2) is 22.3. The summed E-state index contributed by atoms with van der Waals surface area (Å²) in [5.41, 5.74) is 3.58. The number of aliphatic hydroxyl groups excluding tert-OH is 4. The van der Waals surface area contributed by atoms with Crippen molar-refractivity contribution in [2.45, 2.75) is 122 Å². The monoisotopic (exact) mass is 718 g/mol. The van der Waals surface area contributed by atoms with Gasteiger partial charge in [-0.05, 0) is 85.6 Å². The van der Waals surface area contributed by atoms with Gasteiger partial charge < -0.3 is 40.1 Å². The number of rotatable bonds is 22. The molecule has 52 heavy (non-hydrogen) atoms. The summed E-state index contributed by atoms with van der Waals surface area (Å²) >= 11 is 0. The molecule has 1 aliphatic heterocycles. The van der Waals surface area contributed by atoms with Crippen molar-refractivity contribution in [3.63, 3.8) is 0 Å². The molecule has 0 aromatic heterocycles. The molecule has 0 aliphatic carbocycles. The van der Waals surface area contributed by atoms with Crippen LogP contribution >= 0.6 is 0 Å². The van der Waals surface area contributed by atoms with Gasteiger partial charge in [-0.25, -0.2) is 0 Å². The van der Waals surface area contributed by atoms with Crippen molar-refractivity contribution < 1.29 is 34.7 Å². The molecule has 0 bridgehead atoms. The number of unbranched alkanes of at least 4 members (excludes halogenated alkanes) is 10. The van der Waals surface area contributed by atoms with Gasteiger partial charge >= 0.3 is 0 Å². The maximum atomic E-state index is 12.9. The summed E-state index contributed by atoms with van der Waals surface area (Å²) in [7, 11) is 0. The Kier molecular flexibility index (Phi) is 17.5. The van der Waals surface area contributed by atoms with E-state index in [2.05, 4.69) is 46.4 Å². The zero-order valence-corrected chi connectivity index (χ0v) is 30.8. The van der Waals surface area contributed by atoms with Gasteiger partial charge in [0, 0.05) is 30.0 Å². The number of ether oxygens (including phenoxy) is 2. The summed E-state index contributed by atoms with van der Waals surface area (Å²) in [6, 6.07) is 21.5. The van der Waals surface area contributed by atoms with Crippen LogP contribution < -0.4 is 15.0 Å². The van der Waals surface area contributed by atoms with E-state index in [1.165, 1.54) is 82.7 Å². The van der Waals surface area contributed by atoms with E-state index in [1.807, 2.05) is 12.1 Å². The van der Waals surface area contributed by atoms with Crippen LogP contribution in [0.1, 0.15) is 101 Å². The highest BCUT2D eigenvalue weighted by atomic mass is 16.7. The first-order valence-electron chi connectivity index (χ1n) is 19.1. The van der Waals surface area contributed by atoms with Crippen LogP contribution in [0.15, 0.2) is 83.0 Å². The molecule has 11 heteroatoms. The predicted molar refractivity (Wildman–Crippen MR) is 205 cm³/mol. The number of azo groups is 1. The Bertz CT molecular complexity index is 1450. The Balaban J connectivity index is 1.27. The van der Waals surface area contributed by atoms with E-state index >= 15 is 0 Å². The number of carbonyl (C=O) groups excluding carboxylic acids is 1. The molecule has 4 rings (SSSR count). The van der Waals surface area contributed by atoms with E-state index in [1.54, 1.807) is 48.5 Å². The molecule has 3 aromatic carbocycles. The molecule has 3 aromatic rings. The number of nitrogens with zero attached hydrogens (tertiary/aromatic N) is 3. The highest BCUT2D eigenvalue weighted by Gasteiger charge is 2.44. The number of hydrogen-bond acceptors (Lipinski definition) is 10. The van der Waals surface area contributed by atoms with Gasteiger partial charge in [0.25, 0.3) is 5.91 Å². The van der Waals surface area contributed by atoms with Crippen LogP contribution in [0.3, 0.4) is 0 Å². The average molecular weight is 719 g/mol. The molecule has 5 atom stereocenters. The second-order valence-corrected chi connectivity index (χ2v) is 13.6. The Morgan fingerprint density at radius 1 is 0.692 bits per heavy atom. The fraction of sp³-hybridized carbons (Fsp3) is 0.537. The van der Waals surface area contributed by atoms with Gasteiger partial charge in [-0.15, -0.1) is 0 Å². The predicted octanol–water partition coefficient (Wildman–Crippen LogP) is 8.06. The van der Waals surface area contributed by atoms with Gasteiger partial charge in [0.2, 0.25) is 6.29 Å². The Morgan fingerprint density at radius 2 is 1.21 bits per heavy atom. The molecule has 1 amide bonds. The van der Waals surface area contributed by atoms with Crippen LogP contribution in [0.25, 0.3) is 0 Å². The minimum atomic E-state index is -1.54. The Labute approximate surface area is 308 Å². The Morgan fingerprint density at radius 3 is 1.75 bits per heavy atom. The van der Waals surface area contributed by atoms with Crippen molar-refractivity contribution in [1.29, 1.82) is 0 Å². The largest absolute Gasteiger partial charge is 0.462 e. The Hall–Kier alpha value is -3.87. The number of anilines is 2. The van der Waals surface area contributed by atoms with Crippen LogP contribution in [0.5, 0.6) is 5.75 Å². The number of amides is 1. The van der Waals surface area contributed by atoms with E-state index in [0.29, 0.717) is 22.7 Å². The molecule has 1 fully saturated rings. The normalized spacial score (nSPS) is 20.2. The summed E-state index contributed by atoms with van der Waals surface area (Å²) in [6.07, 6.45) is 8.56. The lowest BCUT2D eigenvalue weighted by Gasteiger charge is -2.39. The zero-order chi connectivity index (χ0) is 37.1. The topological polar surface area (TPSA) is 156 Å². The minimum absolute atomic E-state index is 0.297. The average Bonchev–Trinajstić information content (AvgIpc) is 3.17. The first-order valence-corrected chi connectivity index (χ1v) is 19.1. The highest BCUT2D eigenvalue weighted by molar-refractivity contribution is 6.04. The number of carbonyl (C=O) groups is 1. The maximum absolute atomic E-state index is 12.9. The molecule has 1 saturated heterocycles. The maximum Gasteiger partial charge on any atom is 0.255 e. The molecule has 11 nitrogen and oxygen atoms in total. The van der Waals surface area contributed by atoms with Gasteiger partial charge in [-0.2, -0.15) is 10.2 Å².